The molecule has 1 heterocycles. The highest BCUT2D eigenvalue weighted by molar-refractivity contribution is 5.71. The van der Waals surface area contributed by atoms with Crippen molar-refractivity contribution in [2.24, 2.45) is 0 Å². The first-order valence-corrected chi connectivity index (χ1v) is 5.96. The molecule has 1 aliphatic heterocycles. The van der Waals surface area contributed by atoms with Gasteiger partial charge in [0.25, 0.3) is 0 Å². The molecule has 0 aliphatic carbocycles. The van der Waals surface area contributed by atoms with Crippen molar-refractivity contribution >= 4 is 11.4 Å². The minimum absolute atomic E-state index is 0.216. The predicted octanol–water partition coefficient (Wildman–Crippen LogP) is 1.93. The van der Waals surface area contributed by atoms with Gasteiger partial charge in [-0.3, -0.25) is 0 Å². The molecule has 16 heavy (non-hydrogen) atoms. The van der Waals surface area contributed by atoms with Crippen LogP contribution in [0, 0.1) is 6.92 Å². The van der Waals surface area contributed by atoms with E-state index in [-0.39, 0.29) is 12.6 Å². The Kier molecular flexibility index (Phi) is 3.34. The highest BCUT2D eigenvalue weighted by Gasteiger charge is 2.23. The molecule has 0 saturated carbocycles. The highest BCUT2D eigenvalue weighted by Crippen LogP contribution is 2.31. The number of nitrogens with two attached hydrogens (primary N) is 1. The zero-order chi connectivity index (χ0) is 11.5. The van der Waals surface area contributed by atoms with Crippen molar-refractivity contribution in [3.8, 4) is 0 Å². The second-order valence-corrected chi connectivity index (χ2v) is 4.53. The van der Waals surface area contributed by atoms with Gasteiger partial charge < -0.3 is 15.7 Å². The smallest absolute Gasteiger partial charge is 0.0635 e. The molecular formula is C13H20N2O. The van der Waals surface area contributed by atoms with Crippen LogP contribution < -0.4 is 10.6 Å². The van der Waals surface area contributed by atoms with E-state index >= 15 is 0 Å². The number of anilines is 2. The van der Waals surface area contributed by atoms with Gasteiger partial charge in [0.15, 0.2) is 0 Å². The van der Waals surface area contributed by atoms with Crippen LogP contribution in [0.3, 0.4) is 0 Å². The third-order valence-electron chi connectivity index (χ3n) is 3.45. The maximum atomic E-state index is 9.40. The summed E-state index contributed by atoms with van der Waals surface area (Å²) in [7, 11) is 0. The summed E-state index contributed by atoms with van der Waals surface area (Å²) in [6.07, 6.45) is 3.45. The zero-order valence-corrected chi connectivity index (χ0v) is 9.82. The number of aryl methyl sites for hydroxylation is 1. The lowest BCUT2D eigenvalue weighted by Gasteiger charge is -2.37. The van der Waals surface area contributed by atoms with Gasteiger partial charge in [-0.2, -0.15) is 0 Å². The van der Waals surface area contributed by atoms with E-state index in [4.69, 9.17) is 5.73 Å². The Hall–Kier alpha value is -1.22. The Morgan fingerprint density at radius 1 is 1.44 bits per heavy atom. The van der Waals surface area contributed by atoms with Gasteiger partial charge in [0.05, 0.1) is 24.0 Å². The monoisotopic (exact) mass is 220 g/mol. The number of aliphatic hydroxyl groups excluding tert-OH is 1. The van der Waals surface area contributed by atoms with Crippen LogP contribution in [0.4, 0.5) is 11.4 Å². The van der Waals surface area contributed by atoms with Crippen molar-refractivity contribution in [3.63, 3.8) is 0 Å². The standard InChI is InChI=1S/C13H20N2O/c1-10-5-4-7-12(13(10)14)15-8-3-2-6-11(15)9-16/h4-5,7,11,16H,2-3,6,8-9,14H2,1H3. The third-order valence-corrected chi connectivity index (χ3v) is 3.45. The molecule has 0 spiro atoms. The molecule has 0 radical (unpaired) electrons. The van der Waals surface area contributed by atoms with E-state index in [0.29, 0.717) is 0 Å². The Morgan fingerprint density at radius 3 is 3.00 bits per heavy atom. The first-order chi connectivity index (χ1) is 7.74. The van der Waals surface area contributed by atoms with Crippen molar-refractivity contribution in [1.29, 1.82) is 0 Å². The first kappa shape index (κ1) is 11.3. The van der Waals surface area contributed by atoms with Crippen molar-refractivity contribution in [2.75, 3.05) is 23.8 Å². The molecule has 1 saturated heterocycles. The van der Waals surface area contributed by atoms with Gasteiger partial charge in [-0.1, -0.05) is 12.1 Å². The number of rotatable bonds is 2. The van der Waals surface area contributed by atoms with Crippen molar-refractivity contribution in [3.05, 3.63) is 23.8 Å². The van der Waals surface area contributed by atoms with E-state index in [0.717, 1.165) is 29.9 Å². The number of nitrogens with zero attached hydrogens (tertiary/aromatic N) is 1. The van der Waals surface area contributed by atoms with Gasteiger partial charge in [-0.15, -0.1) is 0 Å². The molecule has 3 N–H and O–H groups in total. The van der Waals surface area contributed by atoms with E-state index in [9.17, 15) is 5.11 Å². The van der Waals surface area contributed by atoms with Crippen molar-refractivity contribution < 1.29 is 5.11 Å². The molecule has 0 aromatic heterocycles. The van der Waals surface area contributed by atoms with Crippen LogP contribution in [-0.2, 0) is 0 Å². The molecule has 1 aromatic carbocycles. The highest BCUT2D eigenvalue weighted by atomic mass is 16.3. The summed E-state index contributed by atoms with van der Waals surface area (Å²) in [6, 6.07) is 6.34. The average molecular weight is 220 g/mol. The van der Waals surface area contributed by atoms with Gasteiger partial charge in [-0.25, -0.2) is 0 Å². The van der Waals surface area contributed by atoms with E-state index in [1.54, 1.807) is 0 Å². The first-order valence-electron chi connectivity index (χ1n) is 5.96. The Bertz CT molecular complexity index is 365. The van der Waals surface area contributed by atoms with Gasteiger partial charge in [-0.05, 0) is 37.8 Å². The van der Waals surface area contributed by atoms with E-state index in [2.05, 4.69) is 11.0 Å². The second kappa shape index (κ2) is 4.74. The number of para-hydroxylation sites is 1. The van der Waals surface area contributed by atoms with Crippen molar-refractivity contribution in [1.82, 2.24) is 0 Å². The molecule has 2 rings (SSSR count). The fourth-order valence-electron chi connectivity index (χ4n) is 2.42. The molecule has 1 unspecified atom stereocenters. The molecule has 88 valence electrons. The summed E-state index contributed by atoms with van der Waals surface area (Å²) in [5, 5.41) is 9.40. The van der Waals surface area contributed by atoms with Crippen LogP contribution in [0.1, 0.15) is 24.8 Å². The van der Waals surface area contributed by atoms with Gasteiger partial charge >= 0.3 is 0 Å². The number of piperidine rings is 1. The lowest BCUT2D eigenvalue weighted by Crippen LogP contribution is -2.42. The molecule has 1 fully saturated rings. The molecule has 1 atom stereocenters. The zero-order valence-electron chi connectivity index (χ0n) is 9.82. The van der Waals surface area contributed by atoms with Gasteiger partial charge in [0, 0.05) is 6.54 Å². The number of hydrogen-bond donors (Lipinski definition) is 2. The largest absolute Gasteiger partial charge is 0.397 e. The summed E-state index contributed by atoms with van der Waals surface area (Å²) >= 11 is 0. The Labute approximate surface area is 96.9 Å². The maximum absolute atomic E-state index is 9.40. The van der Waals surface area contributed by atoms with Crippen LogP contribution >= 0.6 is 0 Å². The average Bonchev–Trinajstić information content (AvgIpc) is 2.33. The molecule has 1 aliphatic rings. The second-order valence-electron chi connectivity index (χ2n) is 4.53. The molecule has 0 bridgehead atoms. The van der Waals surface area contributed by atoms with Gasteiger partial charge in [0.1, 0.15) is 0 Å². The Balaban J connectivity index is 2.30. The van der Waals surface area contributed by atoms with E-state index in [1.165, 1.54) is 12.8 Å². The molecule has 3 nitrogen and oxygen atoms in total. The summed E-state index contributed by atoms with van der Waals surface area (Å²) in [5.74, 6) is 0. The number of hydrogen-bond acceptors (Lipinski definition) is 3. The maximum Gasteiger partial charge on any atom is 0.0635 e. The summed E-state index contributed by atoms with van der Waals surface area (Å²) in [6.45, 7) is 3.24. The fraction of sp³-hybridized carbons (Fsp3) is 0.538. The van der Waals surface area contributed by atoms with Crippen LogP contribution in [0.15, 0.2) is 18.2 Å². The van der Waals surface area contributed by atoms with Gasteiger partial charge in [0.2, 0.25) is 0 Å². The Morgan fingerprint density at radius 2 is 2.25 bits per heavy atom. The number of benzene rings is 1. The predicted molar refractivity (Wildman–Crippen MR) is 67.7 cm³/mol. The summed E-state index contributed by atoms with van der Waals surface area (Å²) in [4.78, 5) is 2.26. The number of nitrogen functional groups attached to an aromatic ring is 1. The fourth-order valence-corrected chi connectivity index (χ4v) is 2.42. The SMILES string of the molecule is Cc1cccc(N2CCCCC2CO)c1N. The molecule has 0 amide bonds. The van der Waals surface area contributed by atoms with E-state index < -0.39 is 0 Å². The van der Waals surface area contributed by atoms with Crippen molar-refractivity contribution in [2.45, 2.75) is 32.2 Å². The van der Waals surface area contributed by atoms with Crippen LogP contribution in [0.5, 0.6) is 0 Å². The minimum atomic E-state index is 0.216. The molecular weight excluding hydrogens is 200 g/mol. The summed E-state index contributed by atoms with van der Waals surface area (Å²) < 4.78 is 0. The molecule has 3 heteroatoms. The summed E-state index contributed by atoms with van der Waals surface area (Å²) in [5.41, 5.74) is 9.15. The lowest BCUT2D eigenvalue weighted by molar-refractivity contribution is 0.240. The topological polar surface area (TPSA) is 49.5 Å². The van der Waals surface area contributed by atoms with Crippen LogP contribution in [0.2, 0.25) is 0 Å². The van der Waals surface area contributed by atoms with Crippen LogP contribution in [-0.4, -0.2) is 24.3 Å². The molecule has 1 aromatic rings. The third kappa shape index (κ3) is 2.00. The normalized spacial score (nSPS) is 21.1. The van der Waals surface area contributed by atoms with E-state index in [1.807, 2.05) is 19.1 Å². The quantitative estimate of drug-likeness (QED) is 0.749. The minimum Gasteiger partial charge on any atom is -0.397 e. The lowest BCUT2D eigenvalue weighted by atomic mass is 10.0. The number of aliphatic hydroxyl groups is 1. The van der Waals surface area contributed by atoms with Crippen LogP contribution in [0.25, 0.3) is 0 Å².